The maximum atomic E-state index is 4.60. The summed E-state index contributed by atoms with van der Waals surface area (Å²) in [7, 11) is 2.20. The first-order valence-corrected chi connectivity index (χ1v) is 8.30. The van der Waals surface area contributed by atoms with Gasteiger partial charge in [-0.15, -0.1) is 0 Å². The SMILES string of the molecule is CN1CCN(CCn2ncc3cc(C(C)(C)C)ccc32)CC1. The van der Waals surface area contributed by atoms with Gasteiger partial charge in [0.2, 0.25) is 0 Å². The topological polar surface area (TPSA) is 24.3 Å². The van der Waals surface area contributed by atoms with E-state index >= 15 is 0 Å². The zero-order valence-electron chi connectivity index (χ0n) is 14.3. The third-order valence-corrected chi connectivity index (χ3v) is 4.73. The first kappa shape index (κ1) is 15.5. The second-order valence-electron chi connectivity index (χ2n) is 7.54. The molecule has 2 aromatic rings. The molecule has 22 heavy (non-hydrogen) atoms. The van der Waals surface area contributed by atoms with Gasteiger partial charge in [0.15, 0.2) is 0 Å². The van der Waals surface area contributed by atoms with Gasteiger partial charge in [-0.3, -0.25) is 9.58 Å². The number of hydrogen-bond acceptors (Lipinski definition) is 3. The van der Waals surface area contributed by atoms with Gasteiger partial charge in [-0.05, 0) is 30.2 Å². The molecule has 0 radical (unpaired) electrons. The zero-order chi connectivity index (χ0) is 15.7. The van der Waals surface area contributed by atoms with Crippen molar-refractivity contribution in [1.29, 1.82) is 0 Å². The highest BCUT2D eigenvalue weighted by atomic mass is 15.3. The van der Waals surface area contributed by atoms with Gasteiger partial charge in [0.25, 0.3) is 0 Å². The van der Waals surface area contributed by atoms with Crippen LogP contribution < -0.4 is 0 Å². The van der Waals surface area contributed by atoms with E-state index in [0.717, 1.165) is 13.1 Å². The number of benzene rings is 1. The number of hydrogen-bond donors (Lipinski definition) is 0. The highest BCUT2D eigenvalue weighted by Crippen LogP contribution is 2.26. The molecule has 1 saturated heterocycles. The third kappa shape index (κ3) is 3.33. The molecule has 1 fully saturated rings. The zero-order valence-corrected chi connectivity index (χ0v) is 14.3. The lowest BCUT2D eigenvalue weighted by Gasteiger charge is -2.32. The van der Waals surface area contributed by atoms with E-state index in [0.29, 0.717) is 0 Å². The van der Waals surface area contributed by atoms with Crippen molar-refractivity contribution < 1.29 is 0 Å². The number of nitrogens with zero attached hydrogens (tertiary/aromatic N) is 4. The van der Waals surface area contributed by atoms with E-state index in [4.69, 9.17) is 0 Å². The van der Waals surface area contributed by atoms with Crippen molar-refractivity contribution in [3.05, 3.63) is 30.0 Å². The fourth-order valence-electron chi connectivity index (χ4n) is 3.04. The van der Waals surface area contributed by atoms with Crippen LogP contribution in [0.5, 0.6) is 0 Å². The van der Waals surface area contributed by atoms with Crippen molar-refractivity contribution in [2.24, 2.45) is 0 Å². The quantitative estimate of drug-likeness (QED) is 0.871. The molecule has 0 N–H and O–H groups in total. The Labute approximate surface area is 133 Å². The smallest absolute Gasteiger partial charge is 0.0683 e. The van der Waals surface area contributed by atoms with E-state index in [1.54, 1.807) is 0 Å². The Kier molecular flexibility index (Phi) is 4.24. The summed E-state index contributed by atoms with van der Waals surface area (Å²) in [6.45, 7) is 13.5. The van der Waals surface area contributed by atoms with Crippen LogP contribution in [0.1, 0.15) is 26.3 Å². The lowest BCUT2D eigenvalue weighted by Crippen LogP contribution is -2.45. The molecule has 0 atom stereocenters. The molecule has 2 heterocycles. The number of piperazine rings is 1. The van der Waals surface area contributed by atoms with Crippen molar-refractivity contribution in [1.82, 2.24) is 19.6 Å². The van der Waals surface area contributed by atoms with Gasteiger partial charge in [0, 0.05) is 38.1 Å². The van der Waals surface area contributed by atoms with Crippen molar-refractivity contribution in [3.63, 3.8) is 0 Å². The van der Waals surface area contributed by atoms with Crippen LogP contribution in [0.3, 0.4) is 0 Å². The molecule has 0 spiro atoms. The average molecular weight is 300 g/mol. The highest BCUT2D eigenvalue weighted by molar-refractivity contribution is 5.79. The van der Waals surface area contributed by atoms with Gasteiger partial charge in [0.05, 0.1) is 18.3 Å². The second-order valence-corrected chi connectivity index (χ2v) is 7.54. The van der Waals surface area contributed by atoms with Gasteiger partial charge in [0.1, 0.15) is 0 Å². The molecule has 1 aromatic heterocycles. The van der Waals surface area contributed by atoms with Crippen molar-refractivity contribution in [3.8, 4) is 0 Å². The highest BCUT2D eigenvalue weighted by Gasteiger charge is 2.16. The molecule has 4 heteroatoms. The van der Waals surface area contributed by atoms with Gasteiger partial charge in [-0.1, -0.05) is 26.8 Å². The summed E-state index contributed by atoms with van der Waals surface area (Å²) in [5, 5.41) is 5.85. The van der Waals surface area contributed by atoms with E-state index in [-0.39, 0.29) is 5.41 Å². The first-order valence-electron chi connectivity index (χ1n) is 8.30. The van der Waals surface area contributed by atoms with E-state index in [1.807, 2.05) is 6.20 Å². The van der Waals surface area contributed by atoms with Crippen LogP contribution >= 0.6 is 0 Å². The molecule has 0 unspecified atom stereocenters. The molecule has 3 rings (SSSR count). The van der Waals surface area contributed by atoms with E-state index in [1.165, 1.54) is 42.6 Å². The summed E-state index contributed by atoms with van der Waals surface area (Å²) in [5.74, 6) is 0. The first-order chi connectivity index (χ1) is 10.4. The maximum Gasteiger partial charge on any atom is 0.0683 e. The van der Waals surface area contributed by atoms with Crippen LogP contribution in [-0.2, 0) is 12.0 Å². The molecule has 1 aromatic carbocycles. The minimum atomic E-state index is 0.191. The number of fused-ring (bicyclic) bond motifs is 1. The van der Waals surface area contributed by atoms with Gasteiger partial charge in [-0.25, -0.2) is 0 Å². The Bertz CT molecular complexity index is 630. The Morgan fingerprint density at radius 3 is 2.45 bits per heavy atom. The maximum absolute atomic E-state index is 4.60. The molecule has 0 aliphatic carbocycles. The van der Waals surface area contributed by atoms with Crippen molar-refractivity contribution in [2.45, 2.75) is 32.7 Å². The minimum absolute atomic E-state index is 0.191. The summed E-state index contributed by atoms with van der Waals surface area (Å²) >= 11 is 0. The average Bonchev–Trinajstić information content (AvgIpc) is 2.88. The Hall–Kier alpha value is -1.39. The Morgan fingerprint density at radius 2 is 1.77 bits per heavy atom. The van der Waals surface area contributed by atoms with Crippen LogP contribution in [0, 0.1) is 0 Å². The van der Waals surface area contributed by atoms with Gasteiger partial charge >= 0.3 is 0 Å². The predicted octanol–water partition coefficient (Wildman–Crippen LogP) is 2.58. The summed E-state index contributed by atoms with van der Waals surface area (Å²) in [4.78, 5) is 4.94. The fraction of sp³-hybridized carbons (Fsp3) is 0.611. The van der Waals surface area contributed by atoms with Crippen LogP contribution in [0.15, 0.2) is 24.4 Å². The largest absolute Gasteiger partial charge is 0.304 e. The lowest BCUT2D eigenvalue weighted by atomic mass is 9.86. The van der Waals surface area contributed by atoms with E-state index < -0.39 is 0 Å². The third-order valence-electron chi connectivity index (χ3n) is 4.73. The summed E-state index contributed by atoms with van der Waals surface area (Å²) < 4.78 is 2.15. The summed E-state index contributed by atoms with van der Waals surface area (Å²) in [6.07, 6.45) is 2.01. The molecule has 0 saturated carbocycles. The van der Waals surface area contributed by atoms with E-state index in [9.17, 15) is 0 Å². The van der Waals surface area contributed by atoms with E-state index in [2.05, 4.69) is 65.6 Å². The van der Waals surface area contributed by atoms with Gasteiger partial charge < -0.3 is 4.90 Å². The lowest BCUT2D eigenvalue weighted by molar-refractivity contribution is 0.149. The molecule has 0 bridgehead atoms. The second kappa shape index (κ2) is 6.01. The molecule has 1 aliphatic heterocycles. The van der Waals surface area contributed by atoms with Crippen molar-refractivity contribution >= 4 is 10.9 Å². The normalized spacial score (nSPS) is 18.2. The van der Waals surface area contributed by atoms with Crippen molar-refractivity contribution in [2.75, 3.05) is 39.8 Å². The molecule has 4 nitrogen and oxygen atoms in total. The monoisotopic (exact) mass is 300 g/mol. The van der Waals surface area contributed by atoms with Crippen LogP contribution in [0.2, 0.25) is 0 Å². The Morgan fingerprint density at radius 1 is 1.05 bits per heavy atom. The van der Waals surface area contributed by atoms with Crippen LogP contribution in [0.25, 0.3) is 10.9 Å². The number of likely N-dealkylation sites (N-methyl/N-ethyl adjacent to an activating group) is 1. The molecular formula is C18H28N4. The Balaban J connectivity index is 1.70. The molecule has 120 valence electrons. The molecular weight excluding hydrogens is 272 g/mol. The summed E-state index contributed by atoms with van der Waals surface area (Å²) in [6, 6.07) is 6.76. The van der Waals surface area contributed by atoms with Gasteiger partial charge in [-0.2, -0.15) is 5.10 Å². The predicted molar refractivity (Wildman–Crippen MR) is 92.4 cm³/mol. The molecule has 1 aliphatic rings. The standard InChI is InChI=1S/C18H28N4/c1-18(2,3)16-5-6-17-15(13-16)14-19-22(17)12-11-21-9-7-20(4)8-10-21/h5-6,13-14H,7-12H2,1-4H3. The van der Waals surface area contributed by atoms with Crippen LogP contribution in [0.4, 0.5) is 0 Å². The number of rotatable bonds is 3. The minimum Gasteiger partial charge on any atom is -0.304 e. The summed E-state index contributed by atoms with van der Waals surface area (Å²) in [5.41, 5.74) is 2.82. The number of aromatic nitrogens is 2. The fourth-order valence-corrected chi connectivity index (χ4v) is 3.04. The molecule has 0 amide bonds. The van der Waals surface area contributed by atoms with Crippen LogP contribution in [-0.4, -0.2) is 59.4 Å².